The maximum absolute atomic E-state index is 11.0. The van der Waals surface area contributed by atoms with Crippen molar-refractivity contribution in [3.05, 3.63) is 18.7 Å². The highest BCUT2D eigenvalue weighted by molar-refractivity contribution is 5.73. The van der Waals surface area contributed by atoms with Crippen molar-refractivity contribution in [2.75, 3.05) is 6.61 Å². The Labute approximate surface area is 86.2 Å². The molecular weight excluding hydrogens is 202 g/mol. The van der Waals surface area contributed by atoms with Crippen LogP contribution in [0.4, 0.5) is 4.79 Å². The van der Waals surface area contributed by atoms with Crippen molar-refractivity contribution < 1.29 is 24.2 Å². The van der Waals surface area contributed by atoms with E-state index in [4.69, 9.17) is 5.11 Å². The average molecular weight is 213 g/mol. The van der Waals surface area contributed by atoms with Crippen LogP contribution in [0.2, 0.25) is 0 Å². The van der Waals surface area contributed by atoms with Gasteiger partial charge in [-0.05, 0) is 0 Å². The van der Waals surface area contributed by atoms with Gasteiger partial charge in [0.2, 0.25) is 0 Å². The topological polar surface area (TPSA) is 92.7 Å². The molecule has 0 aliphatic rings. The summed E-state index contributed by atoms with van der Waals surface area (Å²) in [4.78, 5) is 31.3. The molecule has 0 unspecified atom stereocenters. The molecule has 1 atom stereocenters. The molecule has 0 saturated carbocycles. The second-order valence-electron chi connectivity index (χ2n) is 2.52. The number of carbonyl (C=O) groups excluding carboxylic acids is 2. The minimum absolute atomic E-state index is 0.0451. The molecular formula is C9H11NO5. The van der Waals surface area contributed by atoms with Crippen LogP contribution in [0.1, 0.15) is 6.42 Å². The Bertz CT molecular complexity index is 293. The van der Waals surface area contributed by atoms with Gasteiger partial charge in [0.05, 0.1) is 12.5 Å². The molecule has 0 bridgehead atoms. The molecule has 0 fully saturated rings. The van der Waals surface area contributed by atoms with Crippen molar-refractivity contribution in [2.24, 2.45) is 0 Å². The molecule has 6 nitrogen and oxygen atoms in total. The van der Waals surface area contributed by atoms with Crippen LogP contribution in [0.25, 0.3) is 0 Å². The van der Waals surface area contributed by atoms with Crippen LogP contribution in [0.15, 0.2) is 18.7 Å². The number of ether oxygens (including phenoxy) is 1. The number of carbonyl (C=O) groups is 2. The van der Waals surface area contributed by atoms with E-state index in [9.17, 15) is 14.4 Å². The first-order valence-electron chi connectivity index (χ1n) is 4.07. The van der Waals surface area contributed by atoms with E-state index in [1.54, 1.807) is 0 Å². The SMILES string of the molecule is C=CCOC(=O)C[C@@H](C=C=O)NC(=O)O. The van der Waals surface area contributed by atoms with Crippen LogP contribution in [0.3, 0.4) is 0 Å². The Kier molecular flexibility index (Phi) is 6.33. The lowest BCUT2D eigenvalue weighted by molar-refractivity contribution is -0.142. The molecule has 6 heteroatoms. The molecule has 0 aromatic rings. The lowest BCUT2D eigenvalue weighted by Crippen LogP contribution is -2.34. The summed E-state index contributed by atoms with van der Waals surface area (Å²) in [7, 11) is 0. The predicted molar refractivity (Wildman–Crippen MR) is 51.0 cm³/mol. The third-order valence-electron chi connectivity index (χ3n) is 1.33. The number of esters is 1. The Morgan fingerprint density at radius 3 is 2.73 bits per heavy atom. The predicted octanol–water partition coefficient (Wildman–Crippen LogP) is 0.130. The summed E-state index contributed by atoms with van der Waals surface area (Å²) in [6, 6.07) is -0.919. The largest absolute Gasteiger partial charge is 0.465 e. The minimum atomic E-state index is -1.33. The molecule has 0 aliphatic heterocycles. The molecule has 1 amide bonds. The van der Waals surface area contributed by atoms with E-state index in [-0.39, 0.29) is 13.0 Å². The van der Waals surface area contributed by atoms with E-state index in [1.165, 1.54) is 12.0 Å². The minimum Gasteiger partial charge on any atom is -0.465 e. The summed E-state index contributed by atoms with van der Waals surface area (Å²) in [5, 5.41) is 10.3. The Hall–Kier alpha value is -2.07. The van der Waals surface area contributed by atoms with Gasteiger partial charge < -0.3 is 15.2 Å². The molecule has 0 aliphatic carbocycles. The second-order valence-corrected chi connectivity index (χ2v) is 2.52. The summed E-state index contributed by atoms with van der Waals surface area (Å²) in [6.45, 7) is 3.38. The van der Waals surface area contributed by atoms with Crippen molar-refractivity contribution in [3.63, 3.8) is 0 Å². The highest BCUT2D eigenvalue weighted by atomic mass is 16.5. The quantitative estimate of drug-likeness (QED) is 0.371. The number of amides is 1. The van der Waals surface area contributed by atoms with Gasteiger partial charge >= 0.3 is 12.1 Å². The van der Waals surface area contributed by atoms with E-state index >= 15 is 0 Å². The van der Waals surface area contributed by atoms with E-state index in [0.717, 1.165) is 6.08 Å². The number of carboxylic acid groups (broad SMARTS) is 1. The van der Waals surface area contributed by atoms with E-state index in [1.807, 2.05) is 5.32 Å². The fourth-order valence-corrected chi connectivity index (χ4v) is 0.783. The maximum atomic E-state index is 11.0. The smallest absolute Gasteiger partial charge is 0.405 e. The van der Waals surface area contributed by atoms with Gasteiger partial charge in [-0.3, -0.25) is 4.79 Å². The summed E-state index contributed by atoms with van der Waals surface area (Å²) in [5.41, 5.74) is 0. The fourth-order valence-electron chi connectivity index (χ4n) is 0.783. The standard InChI is InChI=1S/C9H11NO5/c1-2-5-15-8(12)6-7(3-4-11)10-9(13)14/h2-3,7,10H,1,5-6H2,(H,13,14)/t7-/m1/s1. The van der Waals surface area contributed by atoms with E-state index in [2.05, 4.69) is 11.3 Å². The summed E-state index contributed by atoms with van der Waals surface area (Å²) in [6.07, 6.45) is 0.703. The Morgan fingerprint density at radius 1 is 1.60 bits per heavy atom. The van der Waals surface area contributed by atoms with Crippen molar-refractivity contribution in [1.82, 2.24) is 5.32 Å². The van der Waals surface area contributed by atoms with Crippen LogP contribution in [0, 0.1) is 0 Å². The average Bonchev–Trinajstić information content (AvgIpc) is 2.14. The van der Waals surface area contributed by atoms with Gasteiger partial charge in [-0.25, -0.2) is 9.59 Å². The number of rotatable bonds is 6. The Balaban J connectivity index is 4.14. The van der Waals surface area contributed by atoms with Gasteiger partial charge in [0.25, 0.3) is 0 Å². The summed E-state index contributed by atoms with van der Waals surface area (Å²) < 4.78 is 4.61. The lowest BCUT2D eigenvalue weighted by atomic mass is 10.2. The third-order valence-corrected chi connectivity index (χ3v) is 1.33. The van der Waals surface area contributed by atoms with Crippen LogP contribution in [0.5, 0.6) is 0 Å². The second kappa shape index (κ2) is 7.34. The van der Waals surface area contributed by atoms with Gasteiger partial charge in [0, 0.05) is 6.08 Å². The highest BCUT2D eigenvalue weighted by Crippen LogP contribution is 1.96. The maximum Gasteiger partial charge on any atom is 0.405 e. The van der Waals surface area contributed by atoms with Crippen molar-refractivity contribution >= 4 is 18.0 Å². The first-order valence-corrected chi connectivity index (χ1v) is 4.07. The fraction of sp³-hybridized carbons (Fsp3) is 0.333. The normalized spacial score (nSPS) is 10.7. The third kappa shape index (κ3) is 7.04. The van der Waals surface area contributed by atoms with Crippen molar-refractivity contribution in [1.29, 1.82) is 0 Å². The molecule has 82 valence electrons. The molecule has 0 aromatic heterocycles. The van der Waals surface area contributed by atoms with E-state index in [0.29, 0.717) is 0 Å². The van der Waals surface area contributed by atoms with E-state index < -0.39 is 18.1 Å². The van der Waals surface area contributed by atoms with Crippen LogP contribution < -0.4 is 5.32 Å². The molecule has 15 heavy (non-hydrogen) atoms. The van der Waals surface area contributed by atoms with Crippen molar-refractivity contribution in [3.8, 4) is 0 Å². The first-order chi connectivity index (χ1) is 7.10. The van der Waals surface area contributed by atoms with Gasteiger partial charge in [-0.1, -0.05) is 12.7 Å². The van der Waals surface area contributed by atoms with Gasteiger partial charge in [0.15, 0.2) is 0 Å². The molecule has 0 spiro atoms. The zero-order valence-electron chi connectivity index (χ0n) is 7.93. The molecule has 0 saturated heterocycles. The number of nitrogens with one attached hydrogen (secondary N) is 1. The molecule has 0 aromatic carbocycles. The summed E-state index contributed by atoms with van der Waals surface area (Å²) >= 11 is 0. The molecule has 0 heterocycles. The zero-order valence-corrected chi connectivity index (χ0v) is 7.93. The lowest BCUT2D eigenvalue weighted by Gasteiger charge is -2.09. The monoisotopic (exact) mass is 213 g/mol. The number of hydrogen-bond donors (Lipinski definition) is 2. The summed E-state index contributed by atoms with van der Waals surface area (Å²) in [5.74, 6) is 0.781. The molecule has 0 rings (SSSR count). The highest BCUT2D eigenvalue weighted by Gasteiger charge is 2.14. The zero-order chi connectivity index (χ0) is 11.7. The van der Waals surface area contributed by atoms with Crippen LogP contribution in [-0.2, 0) is 14.3 Å². The van der Waals surface area contributed by atoms with Crippen molar-refractivity contribution in [2.45, 2.75) is 12.5 Å². The molecule has 0 radical (unpaired) electrons. The Morgan fingerprint density at radius 2 is 2.27 bits per heavy atom. The van der Waals surface area contributed by atoms with Crippen LogP contribution in [-0.4, -0.2) is 35.8 Å². The van der Waals surface area contributed by atoms with Crippen LogP contribution >= 0.6 is 0 Å². The van der Waals surface area contributed by atoms with Gasteiger partial charge in [0.1, 0.15) is 12.5 Å². The van der Waals surface area contributed by atoms with Gasteiger partial charge in [-0.2, -0.15) is 0 Å². The van der Waals surface area contributed by atoms with Gasteiger partial charge in [-0.15, -0.1) is 0 Å². The first kappa shape index (κ1) is 12.9. The number of hydrogen-bond acceptors (Lipinski definition) is 4. The molecule has 2 N–H and O–H groups in total.